The van der Waals surface area contributed by atoms with Crippen molar-refractivity contribution >= 4 is 34.3 Å². The second-order valence-corrected chi connectivity index (χ2v) is 22.9. The number of rotatable bonds is 4. The second-order valence-electron chi connectivity index (χ2n) is 7.75. The van der Waals surface area contributed by atoms with Crippen LogP contribution in [0.5, 0.6) is 0 Å². The number of hydrogen-bond acceptors (Lipinski definition) is 2. The first-order chi connectivity index (χ1) is 8.58. The summed E-state index contributed by atoms with van der Waals surface area (Å²) in [6.07, 6.45) is 1.43. The van der Waals surface area contributed by atoms with Crippen molar-refractivity contribution in [3.63, 3.8) is 0 Å². The Morgan fingerprint density at radius 1 is 1.26 bits per heavy atom. The number of halogens is 1. The molecule has 2 aliphatic carbocycles. The van der Waals surface area contributed by atoms with Gasteiger partial charge in [0, 0.05) is 0 Å². The fourth-order valence-corrected chi connectivity index (χ4v) is 17.9. The minimum absolute atomic E-state index is 0.170. The molecule has 0 amide bonds. The molecule has 1 saturated carbocycles. The predicted molar refractivity (Wildman–Crippen MR) is 86.0 cm³/mol. The van der Waals surface area contributed by atoms with Gasteiger partial charge in [0.25, 0.3) is 0 Å². The zero-order chi connectivity index (χ0) is 14.6. The Labute approximate surface area is 130 Å². The van der Waals surface area contributed by atoms with Gasteiger partial charge in [-0.2, -0.15) is 0 Å². The van der Waals surface area contributed by atoms with Crippen LogP contribution in [0.1, 0.15) is 27.2 Å². The van der Waals surface area contributed by atoms with E-state index < -0.39 is 18.4 Å². The Morgan fingerprint density at radius 3 is 2.26 bits per heavy atom. The quantitative estimate of drug-likeness (QED) is 0.474. The van der Waals surface area contributed by atoms with Crippen molar-refractivity contribution in [3.8, 4) is 0 Å². The maximum atomic E-state index is 6.05. The fraction of sp³-hybridized carbons (Fsp3) is 0.867. The van der Waals surface area contributed by atoms with Crippen LogP contribution >= 0.6 is 15.9 Å². The van der Waals surface area contributed by atoms with E-state index in [-0.39, 0.29) is 10.8 Å². The summed E-state index contributed by atoms with van der Waals surface area (Å²) in [5, 5.41) is 0. The van der Waals surface area contributed by atoms with E-state index in [2.05, 4.69) is 51.5 Å². The van der Waals surface area contributed by atoms with E-state index in [9.17, 15) is 0 Å². The van der Waals surface area contributed by atoms with Crippen molar-refractivity contribution in [2.75, 3.05) is 13.9 Å². The Balaban J connectivity index is 2.47. The normalized spacial score (nSPS) is 37.3. The molecule has 3 atom stereocenters. The summed E-state index contributed by atoms with van der Waals surface area (Å²) in [4.78, 5) is 7.54. The second kappa shape index (κ2) is 4.99. The standard InChI is InChI=1S/C12H18BrO2.3CH3.Sn/c1-11(2)8-5-10(15-7-14-4)12(11,3)6-9(8)13;;;;/h8,10H,5,7H2,1-4H3;3*1H3;/t8-,10-,12+;;;;/m1..../s1. The van der Waals surface area contributed by atoms with Crippen LogP contribution in [0.3, 0.4) is 0 Å². The van der Waals surface area contributed by atoms with Crippen LogP contribution in [0.2, 0.25) is 14.8 Å². The molecule has 0 aromatic carbocycles. The van der Waals surface area contributed by atoms with Gasteiger partial charge < -0.3 is 0 Å². The summed E-state index contributed by atoms with van der Waals surface area (Å²) in [7, 11) is 1.70. The SMILES string of the molecule is COCO[C@@H]1C[C@@H]2C(Br)=[C]([Sn]([CH3])([CH3])[CH3])[C@]1(C)C2(C)C. The van der Waals surface area contributed by atoms with Gasteiger partial charge in [0.05, 0.1) is 0 Å². The van der Waals surface area contributed by atoms with Crippen LogP contribution in [-0.2, 0) is 9.47 Å². The number of hydrogen-bond donors (Lipinski definition) is 0. The van der Waals surface area contributed by atoms with E-state index in [1.54, 1.807) is 10.7 Å². The van der Waals surface area contributed by atoms with Gasteiger partial charge in [-0.1, -0.05) is 0 Å². The topological polar surface area (TPSA) is 18.5 Å². The monoisotopic (exact) mass is 438 g/mol. The Kier molecular flexibility index (Phi) is 4.29. The Bertz CT molecular complexity index is 411. The van der Waals surface area contributed by atoms with E-state index in [1.165, 1.54) is 4.48 Å². The van der Waals surface area contributed by atoms with Gasteiger partial charge in [0.15, 0.2) is 0 Å². The molecule has 0 aromatic rings. The van der Waals surface area contributed by atoms with Gasteiger partial charge in [-0.25, -0.2) is 0 Å². The summed E-state index contributed by atoms with van der Waals surface area (Å²) >= 11 is 1.79. The molecule has 2 rings (SSSR count). The molecule has 2 aliphatic rings. The Hall–Kier alpha value is 0.939. The van der Waals surface area contributed by atoms with Gasteiger partial charge >= 0.3 is 131 Å². The minimum atomic E-state index is -2.16. The molecule has 0 spiro atoms. The molecule has 2 bridgehead atoms. The molecular weight excluding hydrogens is 411 g/mol. The third kappa shape index (κ3) is 2.18. The molecule has 1 fully saturated rings. The van der Waals surface area contributed by atoms with Gasteiger partial charge in [-0.15, -0.1) is 0 Å². The summed E-state index contributed by atoms with van der Waals surface area (Å²) in [6.45, 7) is 7.67. The first kappa shape index (κ1) is 16.3. The van der Waals surface area contributed by atoms with Crippen LogP contribution in [0, 0.1) is 16.7 Å². The van der Waals surface area contributed by atoms with E-state index in [0.717, 1.165) is 6.42 Å². The van der Waals surface area contributed by atoms with Crippen molar-refractivity contribution in [1.82, 2.24) is 0 Å². The van der Waals surface area contributed by atoms with Crippen molar-refractivity contribution in [2.24, 2.45) is 16.7 Å². The molecular formula is C15H27BrO2Sn. The summed E-state index contributed by atoms with van der Waals surface area (Å²) in [5.41, 5.74) is 0.452. The van der Waals surface area contributed by atoms with Crippen molar-refractivity contribution < 1.29 is 9.47 Å². The number of allylic oxidation sites excluding steroid dienone is 1. The molecule has 0 N–H and O–H groups in total. The third-order valence-corrected chi connectivity index (χ3v) is 14.0. The van der Waals surface area contributed by atoms with Crippen LogP contribution in [0.15, 0.2) is 8.07 Å². The molecule has 0 aromatic heterocycles. The van der Waals surface area contributed by atoms with Crippen LogP contribution in [0.4, 0.5) is 0 Å². The number of methoxy groups -OCH3 is 1. The summed E-state index contributed by atoms with van der Waals surface area (Å²) in [5.74, 6) is 0.616. The molecule has 19 heavy (non-hydrogen) atoms. The first-order valence-corrected chi connectivity index (χ1v) is 17.9. The molecule has 0 unspecified atom stereocenters. The van der Waals surface area contributed by atoms with Gasteiger partial charge in [-0.3, -0.25) is 0 Å². The molecule has 0 heterocycles. The Morgan fingerprint density at radius 2 is 1.84 bits per heavy atom. The van der Waals surface area contributed by atoms with Gasteiger partial charge in [0.1, 0.15) is 0 Å². The molecule has 2 nitrogen and oxygen atoms in total. The zero-order valence-corrected chi connectivity index (χ0v) is 17.7. The van der Waals surface area contributed by atoms with Gasteiger partial charge in [-0.05, 0) is 0 Å². The number of fused-ring (bicyclic) bond motifs is 2. The molecule has 4 heteroatoms. The fourth-order valence-electron chi connectivity index (χ4n) is 4.37. The van der Waals surface area contributed by atoms with Gasteiger partial charge in [0.2, 0.25) is 0 Å². The molecule has 110 valence electrons. The van der Waals surface area contributed by atoms with Crippen LogP contribution in [-0.4, -0.2) is 38.4 Å². The average molecular weight is 438 g/mol. The molecule has 0 radical (unpaired) electrons. The van der Waals surface area contributed by atoms with Crippen molar-refractivity contribution in [2.45, 2.75) is 48.1 Å². The maximum absolute atomic E-state index is 6.05. The number of ether oxygens (including phenoxy) is 2. The van der Waals surface area contributed by atoms with E-state index in [4.69, 9.17) is 9.47 Å². The molecule has 0 aliphatic heterocycles. The van der Waals surface area contributed by atoms with Crippen LogP contribution in [0.25, 0.3) is 0 Å². The van der Waals surface area contributed by atoms with E-state index >= 15 is 0 Å². The average Bonchev–Trinajstić information content (AvgIpc) is 2.52. The third-order valence-electron chi connectivity index (χ3n) is 5.50. The van der Waals surface area contributed by atoms with E-state index in [1.807, 2.05) is 0 Å². The van der Waals surface area contributed by atoms with E-state index in [0.29, 0.717) is 18.8 Å². The first-order valence-electron chi connectivity index (χ1n) is 7.09. The summed E-state index contributed by atoms with van der Waals surface area (Å²) < 4.78 is 14.4. The predicted octanol–water partition coefficient (Wildman–Crippen LogP) is 4.57. The zero-order valence-electron chi connectivity index (χ0n) is 13.3. The summed E-state index contributed by atoms with van der Waals surface area (Å²) in [6, 6.07) is 0. The van der Waals surface area contributed by atoms with Crippen LogP contribution < -0.4 is 0 Å². The molecule has 0 saturated heterocycles. The van der Waals surface area contributed by atoms with Crippen molar-refractivity contribution in [3.05, 3.63) is 8.07 Å². The van der Waals surface area contributed by atoms with Crippen molar-refractivity contribution in [1.29, 1.82) is 0 Å².